The fraction of sp³-hybridized carbons (Fsp3) is 1.00. The van der Waals surface area contributed by atoms with Crippen LogP contribution in [0.3, 0.4) is 0 Å². The van der Waals surface area contributed by atoms with E-state index in [0.717, 1.165) is 19.4 Å². The second-order valence-electron chi connectivity index (χ2n) is 5.33. The van der Waals surface area contributed by atoms with Gasteiger partial charge in [-0.3, -0.25) is 0 Å². The van der Waals surface area contributed by atoms with E-state index in [1.54, 1.807) is 4.31 Å². The van der Waals surface area contributed by atoms with Gasteiger partial charge in [0.25, 0.3) is 0 Å². The Bertz CT molecular complexity index is 306. The van der Waals surface area contributed by atoms with Crippen LogP contribution in [0.5, 0.6) is 0 Å². The molecule has 1 aliphatic heterocycles. The molecule has 0 saturated carbocycles. The molecule has 0 amide bonds. The highest BCUT2D eigenvalue weighted by Gasteiger charge is 2.29. The Morgan fingerprint density at radius 3 is 2.29 bits per heavy atom. The van der Waals surface area contributed by atoms with E-state index in [1.165, 1.54) is 0 Å². The van der Waals surface area contributed by atoms with Gasteiger partial charge in [-0.05, 0) is 31.2 Å². The zero-order valence-corrected chi connectivity index (χ0v) is 12.1. The van der Waals surface area contributed by atoms with Gasteiger partial charge in [-0.25, -0.2) is 12.7 Å². The van der Waals surface area contributed by atoms with Crippen molar-refractivity contribution in [1.29, 1.82) is 0 Å². The van der Waals surface area contributed by atoms with Gasteiger partial charge in [0.05, 0.1) is 5.75 Å². The molecule has 1 fully saturated rings. The minimum atomic E-state index is -3.06. The van der Waals surface area contributed by atoms with E-state index in [-0.39, 0.29) is 5.75 Å². The summed E-state index contributed by atoms with van der Waals surface area (Å²) in [5, 5.41) is 3.15. The molecule has 0 bridgehead atoms. The number of nitrogens with one attached hydrogen (secondary N) is 1. The Kier molecular flexibility index (Phi) is 5.89. The second-order valence-corrected chi connectivity index (χ2v) is 7.42. The predicted octanol–water partition coefficient (Wildman–Crippen LogP) is 1.29. The molecule has 0 aliphatic carbocycles. The molecule has 5 heteroatoms. The van der Waals surface area contributed by atoms with Gasteiger partial charge in [0.15, 0.2) is 0 Å². The summed E-state index contributed by atoms with van der Waals surface area (Å²) in [5.41, 5.74) is 0. The van der Waals surface area contributed by atoms with Gasteiger partial charge < -0.3 is 5.32 Å². The zero-order chi connectivity index (χ0) is 12.9. The van der Waals surface area contributed by atoms with E-state index in [1.807, 2.05) is 0 Å². The van der Waals surface area contributed by atoms with E-state index in [9.17, 15) is 8.42 Å². The van der Waals surface area contributed by atoms with Crippen LogP contribution < -0.4 is 5.32 Å². The lowest BCUT2D eigenvalue weighted by Gasteiger charge is -2.34. The second kappa shape index (κ2) is 6.71. The maximum absolute atomic E-state index is 12.1. The van der Waals surface area contributed by atoms with E-state index in [0.29, 0.717) is 31.5 Å². The molecule has 4 nitrogen and oxygen atoms in total. The van der Waals surface area contributed by atoms with Crippen molar-refractivity contribution in [3.63, 3.8) is 0 Å². The quantitative estimate of drug-likeness (QED) is 0.734. The molecule has 1 rings (SSSR count). The van der Waals surface area contributed by atoms with E-state index in [2.05, 4.69) is 26.1 Å². The van der Waals surface area contributed by atoms with Crippen molar-refractivity contribution in [2.75, 3.05) is 31.9 Å². The van der Waals surface area contributed by atoms with Gasteiger partial charge in [0, 0.05) is 19.6 Å². The molecule has 0 aromatic heterocycles. The van der Waals surface area contributed by atoms with Crippen molar-refractivity contribution in [3.05, 3.63) is 0 Å². The summed E-state index contributed by atoms with van der Waals surface area (Å²) >= 11 is 0. The van der Waals surface area contributed by atoms with Gasteiger partial charge in [-0.2, -0.15) is 0 Å². The SMILES string of the molecule is CCCNCCS(=O)(=O)N1CC(C)CC(C)C1. The Balaban J connectivity index is 2.45. The topological polar surface area (TPSA) is 49.4 Å². The highest BCUT2D eigenvalue weighted by Crippen LogP contribution is 2.23. The van der Waals surface area contributed by atoms with Crippen LogP contribution >= 0.6 is 0 Å². The largest absolute Gasteiger partial charge is 0.316 e. The van der Waals surface area contributed by atoms with Crippen LogP contribution in [-0.2, 0) is 10.0 Å². The fourth-order valence-electron chi connectivity index (χ4n) is 2.46. The molecular formula is C12H26N2O2S. The Morgan fingerprint density at radius 1 is 1.18 bits per heavy atom. The summed E-state index contributed by atoms with van der Waals surface area (Å²) in [6, 6.07) is 0. The zero-order valence-electron chi connectivity index (χ0n) is 11.3. The molecule has 0 aromatic carbocycles. The summed E-state index contributed by atoms with van der Waals surface area (Å²) in [7, 11) is -3.06. The number of hydrogen-bond donors (Lipinski definition) is 1. The summed E-state index contributed by atoms with van der Waals surface area (Å²) in [5.74, 6) is 1.20. The molecule has 1 N–H and O–H groups in total. The van der Waals surface area contributed by atoms with Crippen molar-refractivity contribution in [3.8, 4) is 0 Å². The van der Waals surface area contributed by atoms with Gasteiger partial charge in [-0.15, -0.1) is 0 Å². The fourth-order valence-corrected chi connectivity index (χ4v) is 4.09. The normalized spacial score (nSPS) is 27.2. The predicted molar refractivity (Wildman–Crippen MR) is 71.5 cm³/mol. The van der Waals surface area contributed by atoms with E-state index < -0.39 is 10.0 Å². The van der Waals surface area contributed by atoms with Gasteiger partial charge in [-0.1, -0.05) is 20.8 Å². The molecule has 0 spiro atoms. The third kappa shape index (κ3) is 4.94. The van der Waals surface area contributed by atoms with Crippen LogP contribution in [-0.4, -0.2) is 44.7 Å². The van der Waals surface area contributed by atoms with Crippen LogP contribution in [0.1, 0.15) is 33.6 Å². The third-order valence-corrected chi connectivity index (χ3v) is 5.00. The van der Waals surface area contributed by atoms with Gasteiger partial charge >= 0.3 is 0 Å². The average Bonchev–Trinajstić information content (AvgIpc) is 2.23. The first-order chi connectivity index (χ1) is 7.95. The standard InChI is InChI=1S/C12H26N2O2S/c1-4-5-13-6-7-17(15,16)14-9-11(2)8-12(3)10-14/h11-13H,4-10H2,1-3H3. The van der Waals surface area contributed by atoms with Crippen LogP contribution in [0.4, 0.5) is 0 Å². The minimum Gasteiger partial charge on any atom is -0.316 e. The smallest absolute Gasteiger partial charge is 0.215 e. The first-order valence-corrected chi connectivity index (χ1v) is 8.25. The Morgan fingerprint density at radius 2 is 1.76 bits per heavy atom. The van der Waals surface area contributed by atoms with Gasteiger partial charge in [0.2, 0.25) is 10.0 Å². The Labute approximate surface area is 106 Å². The summed E-state index contributed by atoms with van der Waals surface area (Å²) in [6.45, 7) is 9.19. The van der Waals surface area contributed by atoms with Crippen molar-refractivity contribution >= 4 is 10.0 Å². The molecule has 1 heterocycles. The molecule has 17 heavy (non-hydrogen) atoms. The molecule has 1 aliphatic rings. The van der Waals surface area contributed by atoms with Crippen LogP contribution in [0.15, 0.2) is 0 Å². The summed E-state index contributed by atoms with van der Waals surface area (Å²) in [6.07, 6.45) is 2.18. The molecular weight excluding hydrogens is 236 g/mol. The van der Waals surface area contributed by atoms with Crippen molar-refractivity contribution in [2.45, 2.75) is 33.6 Å². The lowest BCUT2D eigenvalue weighted by atomic mass is 9.94. The average molecular weight is 262 g/mol. The highest BCUT2D eigenvalue weighted by atomic mass is 32.2. The first-order valence-electron chi connectivity index (χ1n) is 6.64. The number of hydrogen-bond acceptors (Lipinski definition) is 3. The number of sulfonamides is 1. The van der Waals surface area contributed by atoms with Crippen molar-refractivity contribution in [1.82, 2.24) is 9.62 Å². The van der Waals surface area contributed by atoms with E-state index >= 15 is 0 Å². The number of rotatable bonds is 6. The molecule has 102 valence electrons. The number of nitrogens with zero attached hydrogens (tertiary/aromatic N) is 1. The van der Waals surface area contributed by atoms with Crippen LogP contribution in [0.2, 0.25) is 0 Å². The molecule has 1 saturated heterocycles. The third-order valence-electron chi connectivity index (χ3n) is 3.19. The monoisotopic (exact) mass is 262 g/mol. The van der Waals surface area contributed by atoms with Crippen molar-refractivity contribution < 1.29 is 8.42 Å². The molecule has 2 atom stereocenters. The maximum Gasteiger partial charge on any atom is 0.215 e. The maximum atomic E-state index is 12.1. The van der Waals surface area contributed by atoms with Gasteiger partial charge in [0.1, 0.15) is 0 Å². The molecule has 0 aromatic rings. The first kappa shape index (κ1) is 14.9. The summed E-state index contributed by atoms with van der Waals surface area (Å²) in [4.78, 5) is 0. The molecule has 0 radical (unpaired) electrons. The van der Waals surface area contributed by atoms with Crippen LogP contribution in [0.25, 0.3) is 0 Å². The van der Waals surface area contributed by atoms with Crippen LogP contribution in [0, 0.1) is 11.8 Å². The van der Waals surface area contributed by atoms with Crippen molar-refractivity contribution in [2.24, 2.45) is 11.8 Å². The highest BCUT2D eigenvalue weighted by molar-refractivity contribution is 7.89. The lowest BCUT2D eigenvalue weighted by Crippen LogP contribution is -2.44. The minimum absolute atomic E-state index is 0.229. The molecule has 2 unspecified atom stereocenters. The summed E-state index contributed by atoms with van der Waals surface area (Å²) < 4.78 is 25.9. The Hall–Kier alpha value is -0.130. The van der Waals surface area contributed by atoms with E-state index in [4.69, 9.17) is 0 Å². The lowest BCUT2D eigenvalue weighted by molar-refractivity contribution is 0.222. The number of piperidine rings is 1.